The highest BCUT2D eigenvalue weighted by molar-refractivity contribution is 5.42. The maximum atomic E-state index is 11.5. The number of ether oxygens (including phenoxy) is 1. The van der Waals surface area contributed by atoms with E-state index in [1.54, 1.807) is 23.9 Å². The molecule has 4 nitrogen and oxygen atoms in total. The normalized spacial score (nSPS) is 10.4. The number of aromatic nitrogens is 1. The van der Waals surface area contributed by atoms with Gasteiger partial charge in [0.2, 0.25) is 0 Å². The third kappa shape index (κ3) is 2.60. The Morgan fingerprint density at radius 2 is 2.29 bits per heavy atom. The number of nitrogens with two attached hydrogens (primary N) is 1. The predicted octanol–water partition coefficient (Wildman–Crippen LogP) is 0.775. The molecule has 0 fully saturated rings. The zero-order chi connectivity index (χ0) is 10.6. The molecule has 0 bridgehead atoms. The Bertz CT molecular complexity index is 358. The first kappa shape index (κ1) is 10.8. The van der Waals surface area contributed by atoms with E-state index in [2.05, 4.69) is 0 Å². The predicted molar refractivity (Wildman–Crippen MR) is 56.3 cm³/mol. The summed E-state index contributed by atoms with van der Waals surface area (Å²) in [5.41, 5.74) is 7.18. The molecular formula is C10H16N2O2. The van der Waals surface area contributed by atoms with Gasteiger partial charge >= 0.3 is 0 Å². The van der Waals surface area contributed by atoms with E-state index in [1.807, 2.05) is 6.92 Å². The molecule has 0 unspecified atom stereocenters. The molecule has 0 amide bonds. The van der Waals surface area contributed by atoms with Gasteiger partial charge in [0.25, 0.3) is 5.56 Å². The minimum Gasteiger partial charge on any atom is -0.397 e. The molecule has 0 saturated heterocycles. The topological polar surface area (TPSA) is 57.2 Å². The van der Waals surface area contributed by atoms with Crippen molar-refractivity contribution in [3.05, 3.63) is 28.2 Å². The summed E-state index contributed by atoms with van der Waals surface area (Å²) >= 11 is 0. The summed E-state index contributed by atoms with van der Waals surface area (Å²) in [5.74, 6) is 0. The van der Waals surface area contributed by atoms with E-state index in [0.29, 0.717) is 18.8 Å². The molecule has 0 spiro atoms. The maximum absolute atomic E-state index is 11.5. The Labute approximate surface area is 83.3 Å². The van der Waals surface area contributed by atoms with Crippen LogP contribution in [0.15, 0.2) is 17.1 Å². The SMILES string of the molecule is COCCCn1cc(N)c(C)cc1=O. The number of hydrogen-bond acceptors (Lipinski definition) is 3. The van der Waals surface area contributed by atoms with Crippen molar-refractivity contribution in [1.29, 1.82) is 0 Å². The Hall–Kier alpha value is -1.29. The first-order valence-electron chi connectivity index (χ1n) is 4.60. The van der Waals surface area contributed by atoms with Crippen LogP contribution in [0.3, 0.4) is 0 Å². The van der Waals surface area contributed by atoms with Crippen molar-refractivity contribution in [3.8, 4) is 0 Å². The summed E-state index contributed by atoms with van der Waals surface area (Å²) in [6.07, 6.45) is 2.51. The van der Waals surface area contributed by atoms with Gasteiger partial charge in [-0.2, -0.15) is 0 Å². The Morgan fingerprint density at radius 3 is 2.93 bits per heavy atom. The number of nitrogen functional groups attached to an aromatic ring is 1. The smallest absolute Gasteiger partial charge is 0.250 e. The Balaban J connectivity index is 2.77. The molecule has 0 radical (unpaired) electrons. The quantitative estimate of drug-likeness (QED) is 0.724. The lowest BCUT2D eigenvalue weighted by molar-refractivity contribution is 0.190. The molecule has 4 heteroatoms. The molecule has 0 atom stereocenters. The van der Waals surface area contributed by atoms with E-state index in [9.17, 15) is 4.79 Å². The van der Waals surface area contributed by atoms with Gasteiger partial charge in [0.05, 0.1) is 5.69 Å². The van der Waals surface area contributed by atoms with Crippen molar-refractivity contribution in [1.82, 2.24) is 4.57 Å². The number of nitrogens with zero attached hydrogens (tertiary/aromatic N) is 1. The van der Waals surface area contributed by atoms with Crippen LogP contribution in [0.2, 0.25) is 0 Å². The lowest BCUT2D eigenvalue weighted by Crippen LogP contribution is -2.20. The summed E-state index contributed by atoms with van der Waals surface area (Å²) in [6.45, 7) is 3.13. The molecule has 1 heterocycles. The van der Waals surface area contributed by atoms with Crippen LogP contribution < -0.4 is 11.3 Å². The number of hydrogen-bond donors (Lipinski definition) is 1. The molecule has 1 aromatic rings. The molecule has 0 aliphatic carbocycles. The van der Waals surface area contributed by atoms with Gasteiger partial charge in [-0.15, -0.1) is 0 Å². The summed E-state index contributed by atoms with van der Waals surface area (Å²) < 4.78 is 6.52. The fraction of sp³-hybridized carbons (Fsp3) is 0.500. The van der Waals surface area contributed by atoms with E-state index in [-0.39, 0.29) is 5.56 Å². The van der Waals surface area contributed by atoms with Crippen LogP contribution in [0.4, 0.5) is 5.69 Å². The molecule has 0 aliphatic heterocycles. The molecule has 2 N–H and O–H groups in total. The van der Waals surface area contributed by atoms with Crippen molar-refractivity contribution >= 4 is 5.69 Å². The van der Waals surface area contributed by atoms with Crippen LogP contribution in [0.5, 0.6) is 0 Å². The highest BCUT2D eigenvalue weighted by Crippen LogP contribution is 2.05. The number of anilines is 1. The molecule has 14 heavy (non-hydrogen) atoms. The first-order valence-corrected chi connectivity index (χ1v) is 4.60. The number of aryl methyl sites for hydroxylation is 2. The standard InChI is InChI=1S/C10H16N2O2/c1-8-6-10(13)12(7-9(8)11)4-3-5-14-2/h6-7H,3-5,11H2,1-2H3. The molecule has 0 saturated carbocycles. The highest BCUT2D eigenvalue weighted by Gasteiger charge is 1.99. The highest BCUT2D eigenvalue weighted by atomic mass is 16.5. The van der Waals surface area contributed by atoms with Crippen LogP contribution in [0.25, 0.3) is 0 Å². The van der Waals surface area contributed by atoms with Crippen molar-refractivity contribution in [2.45, 2.75) is 19.9 Å². The van der Waals surface area contributed by atoms with Gasteiger partial charge < -0.3 is 15.0 Å². The zero-order valence-electron chi connectivity index (χ0n) is 8.62. The lowest BCUT2D eigenvalue weighted by Gasteiger charge is -2.07. The third-order valence-corrected chi connectivity index (χ3v) is 2.12. The van der Waals surface area contributed by atoms with Crippen LogP contribution in [-0.4, -0.2) is 18.3 Å². The second-order valence-electron chi connectivity index (χ2n) is 3.29. The molecule has 78 valence electrons. The average molecular weight is 196 g/mol. The van der Waals surface area contributed by atoms with Crippen molar-refractivity contribution in [3.63, 3.8) is 0 Å². The molecule has 1 rings (SSSR count). The van der Waals surface area contributed by atoms with Gasteiger partial charge in [-0.3, -0.25) is 4.79 Å². The second kappa shape index (κ2) is 4.81. The van der Waals surface area contributed by atoms with Crippen LogP contribution in [-0.2, 0) is 11.3 Å². The number of rotatable bonds is 4. The maximum Gasteiger partial charge on any atom is 0.250 e. The van der Waals surface area contributed by atoms with Gasteiger partial charge in [0, 0.05) is 32.5 Å². The molecular weight excluding hydrogens is 180 g/mol. The van der Waals surface area contributed by atoms with Crippen molar-refractivity contribution in [2.75, 3.05) is 19.5 Å². The largest absolute Gasteiger partial charge is 0.397 e. The molecule has 1 aromatic heterocycles. The van der Waals surface area contributed by atoms with Crippen LogP contribution >= 0.6 is 0 Å². The van der Waals surface area contributed by atoms with Gasteiger partial charge in [-0.05, 0) is 18.9 Å². The van der Waals surface area contributed by atoms with E-state index in [1.165, 1.54) is 0 Å². The second-order valence-corrected chi connectivity index (χ2v) is 3.29. The van der Waals surface area contributed by atoms with E-state index < -0.39 is 0 Å². The number of methoxy groups -OCH3 is 1. The van der Waals surface area contributed by atoms with E-state index >= 15 is 0 Å². The van der Waals surface area contributed by atoms with Gasteiger partial charge in [0.1, 0.15) is 0 Å². The van der Waals surface area contributed by atoms with Gasteiger partial charge in [-0.25, -0.2) is 0 Å². The van der Waals surface area contributed by atoms with Crippen molar-refractivity contribution in [2.24, 2.45) is 0 Å². The lowest BCUT2D eigenvalue weighted by atomic mass is 10.2. The monoisotopic (exact) mass is 196 g/mol. The summed E-state index contributed by atoms with van der Waals surface area (Å²) in [5, 5.41) is 0. The van der Waals surface area contributed by atoms with E-state index in [4.69, 9.17) is 10.5 Å². The van der Waals surface area contributed by atoms with E-state index in [0.717, 1.165) is 12.0 Å². The summed E-state index contributed by atoms with van der Waals surface area (Å²) in [7, 11) is 1.65. The Kier molecular flexibility index (Phi) is 3.71. The third-order valence-electron chi connectivity index (χ3n) is 2.12. The van der Waals surface area contributed by atoms with Gasteiger partial charge in [-0.1, -0.05) is 0 Å². The Morgan fingerprint density at radius 1 is 1.57 bits per heavy atom. The number of pyridine rings is 1. The average Bonchev–Trinajstić information content (AvgIpc) is 2.14. The van der Waals surface area contributed by atoms with Crippen LogP contribution in [0.1, 0.15) is 12.0 Å². The first-order chi connectivity index (χ1) is 6.65. The zero-order valence-corrected chi connectivity index (χ0v) is 8.62. The summed E-state index contributed by atoms with van der Waals surface area (Å²) in [6, 6.07) is 1.56. The van der Waals surface area contributed by atoms with Crippen molar-refractivity contribution < 1.29 is 4.74 Å². The minimum atomic E-state index is -0.00666. The van der Waals surface area contributed by atoms with Crippen LogP contribution in [0, 0.1) is 6.92 Å². The molecule has 0 aliphatic rings. The van der Waals surface area contributed by atoms with Gasteiger partial charge in [0.15, 0.2) is 0 Å². The minimum absolute atomic E-state index is 0.00666. The fourth-order valence-corrected chi connectivity index (χ4v) is 1.24. The fourth-order valence-electron chi connectivity index (χ4n) is 1.24. The molecule has 0 aromatic carbocycles. The summed E-state index contributed by atoms with van der Waals surface area (Å²) in [4.78, 5) is 11.5.